The van der Waals surface area contributed by atoms with Gasteiger partial charge in [-0.3, -0.25) is 4.79 Å². The van der Waals surface area contributed by atoms with Gasteiger partial charge in [0.05, 0.1) is 12.5 Å². The Hall–Kier alpha value is -0.473. The molecule has 0 spiro atoms. The molecule has 0 bridgehead atoms. The molecule has 0 aromatic heterocycles. The molecule has 0 aliphatic carbocycles. The van der Waals surface area contributed by atoms with Crippen LogP contribution < -0.4 is 5.73 Å². The first-order valence-electron chi connectivity index (χ1n) is 6.37. The molecule has 108 valence electrons. The SMILES string of the molecule is CCO[Si](CCCN)(OCC)OC(C)CC(=O)O. The number of rotatable bonds is 11. The molecule has 0 rings (SSSR count). The second kappa shape index (κ2) is 9.46. The van der Waals surface area contributed by atoms with Gasteiger partial charge in [0.2, 0.25) is 0 Å². The van der Waals surface area contributed by atoms with Gasteiger partial charge < -0.3 is 24.1 Å². The van der Waals surface area contributed by atoms with Crippen LogP contribution in [0.4, 0.5) is 0 Å². The highest BCUT2D eigenvalue weighted by molar-refractivity contribution is 6.60. The van der Waals surface area contributed by atoms with E-state index in [1.54, 1.807) is 6.92 Å². The van der Waals surface area contributed by atoms with Crippen molar-refractivity contribution in [3.63, 3.8) is 0 Å². The van der Waals surface area contributed by atoms with E-state index in [4.69, 9.17) is 24.1 Å². The summed E-state index contributed by atoms with van der Waals surface area (Å²) in [4.78, 5) is 10.7. The summed E-state index contributed by atoms with van der Waals surface area (Å²) in [5, 5.41) is 8.75. The van der Waals surface area contributed by atoms with E-state index in [2.05, 4.69) is 0 Å². The van der Waals surface area contributed by atoms with Crippen molar-refractivity contribution in [3.8, 4) is 0 Å². The fourth-order valence-electron chi connectivity index (χ4n) is 1.67. The van der Waals surface area contributed by atoms with Crippen molar-refractivity contribution in [1.82, 2.24) is 0 Å². The van der Waals surface area contributed by atoms with E-state index in [1.807, 2.05) is 13.8 Å². The van der Waals surface area contributed by atoms with Crippen molar-refractivity contribution in [1.29, 1.82) is 0 Å². The summed E-state index contributed by atoms with van der Waals surface area (Å²) in [6.45, 7) is 6.96. The Morgan fingerprint density at radius 2 is 1.89 bits per heavy atom. The molecule has 0 fully saturated rings. The van der Waals surface area contributed by atoms with E-state index in [0.29, 0.717) is 25.8 Å². The van der Waals surface area contributed by atoms with Gasteiger partial charge >= 0.3 is 14.8 Å². The Bertz CT molecular complexity index is 233. The number of carboxylic acid groups (broad SMARTS) is 1. The summed E-state index contributed by atoms with van der Waals surface area (Å²) >= 11 is 0. The van der Waals surface area contributed by atoms with E-state index in [0.717, 1.165) is 6.42 Å². The van der Waals surface area contributed by atoms with Crippen LogP contribution in [0.3, 0.4) is 0 Å². The highest BCUT2D eigenvalue weighted by Gasteiger charge is 2.41. The topological polar surface area (TPSA) is 91.0 Å². The molecule has 1 unspecified atom stereocenters. The van der Waals surface area contributed by atoms with Gasteiger partial charge in [-0.15, -0.1) is 0 Å². The molecule has 0 aliphatic heterocycles. The van der Waals surface area contributed by atoms with Crippen LogP contribution in [0, 0.1) is 0 Å². The smallest absolute Gasteiger partial charge is 0.481 e. The first kappa shape index (κ1) is 17.5. The van der Waals surface area contributed by atoms with E-state index in [-0.39, 0.29) is 6.42 Å². The van der Waals surface area contributed by atoms with Gasteiger partial charge in [0.1, 0.15) is 0 Å². The van der Waals surface area contributed by atoms with E-state index >= 15 is 0 Å². The predicted molar refractivity (Wildman–Crippen MR) is 70.3 cm³/mol. The molecule has 0 saturated heterocycles. The maximum atomic E-state index is 10.7. The van der Waals surface area contributed by atoms with Crippen LogP contribution in [0.1, 0.15) is 33.6 Å². The molecule has 6 nitrogen and oxygen atoms in total. The van der Waals surface area contributed by atoms with Crippen LogP contribution in [0.15, 0.2) is 0 Å². The summed E-state index contributed by atoms with van der Waals surface area (Å²) < 4.78 is 17.1. The van der Waals surface area contributed by atoms with Crippen LogP contribution in [-0.4, -0.2) is 45.7 Å². The largest absolute Gasteiger partial charge is 0.501 e. The monoisotopic (exact) mass is 279 g/mol. The summed E-state index contributed by atoms with van der Waals surface area (Å²) in [5.74, 6) is -0.891. The minimum atomic E-state index is -2.79. The Balaban J connectivity index is 4.62. The van der Waals surface area contributed by atoms with Gasteiger partial charge in [-0.2, -0.15) is 0 Å². The molecular weight excluding hydrogens is 254 g/mol. The van der Waals surface area contributed by atoms with Crippen LogP contribution in [0.2, 0.25) is 6.04 Å². The first-order valence-corrected chi connectivity index (χ1v) is 8.30. The van der Waals surface area contributed by atoms with Crippen molar-refractivity contribution in [2.45, 2.75) is 45.8 Å². The first-order chi connectivity index (χ1) is 8.49. The Morgan fingerprint density at radius 3 is 2.28 bits per heavy atom. The molecule has 0 aromatic rings. The molecule has 3 N–H and O–H groups in total. The van der Waals surface area contributed by atoms with Gasteiger partial charge in [-0.1, -0.05) is 0 Å². The lowest BCUT2D eigenvalue weighted by Crippen LogP contribution is -2.48. The zero-order valence-electron chi connectivity index (χ0n) is 11.5. The summed E-state index contributed by atoms with van der Waals surface area (Å²) in [7, 11) is -2.79. The Morgan fingerprint density at radius 1 is 1.33 bits per heavy atom. The quantitative estimate of drug-likeness (QED) is 0.553. The minimum absolute atomic E-state index is 0.0580. The summed E-state index contributed by atoms with van der Waals surface area (Å²) in [6, 6.07) is 0.620. The third-order valence-electron chi connectivity index (χ3n) is 2.26. The second-order valence-electron chi connectivity index (χ2n) is 3.97. The van der Waals surface area contributed by atoms with Crippen LogP contribution in [-0.2, 0) is 18.1 Å². The number of carboxylic acids is 1. The van der Waals surface area contributed by atoms with E-state index in [9.17, 15) is 4.79 Å². The van der Waals surface area contributed by atoms with Crippen molar-refractivity contribution < 1.29 is 23.2 Å². The van der Waals surface area contributed by atoms with Crippen molar-refractivity contribution in [2.75, 3.05) is 19.8 Å². The maximum Gasteiger partial charge on any atom is 0.501 e. The lowest BCUT2D eigenvalue weighted by molar-refractivity contribution is -0.139. The zero-order valence-corrected chi connectivity index (χ0v) is 12.5. The average molecular weight is 279 g/mol. The third-order valence-corrected chi connectivity index (χ3v) is 5.44. The minimum Gasteiger partial charge on any atom is -0.481 e. The predicted octanol–water partition coefficient (Wildman–Crippen LogP) is 1.23. The summed E-state index contributed by atoms with van der Waals surface area (Å²) in [5.41, 5.74) is 5.50. The Labute approximate surface area is 110 Å². The van der Waals surface area contributed by atoms with Gasteiger partial charge in [0.15, 0.2) is 0 Å². The number of hydrogen-bond acceptors (Lipinski definition) is 5. The van der Waals surface area contributed by atoms with Crippen LogP contribution >= 0.6 is 0 Å². The third kappa shape index (κ3) is 7.07. The lowest BCUT2D eigenvalue weighted by Gasteiger charge is -2.31. The molecule has 0 aromatic carbocycles. The van der Waals surface area contributed by atoms with Gasteiger partial charge in [0, 0.05) is 19.3 Å². The molecule has 0 aliphatic rings. The molecule has 18 heavy (non-hydrogen) atoms. The van der Waals surface area contributed by atoms with Gasteiger partial charge in [0.25, 0.3) is 0 Å². The highest BCUT2D eigenvalue weighted by atomic mass is 28.4. The zero-order chi connectivity index (χ0) is 14.0. The van der Waals surface area contributed by atoms with Crippen molar-refractivity contribution in [3.05, 3.63) is 0 Å². The molecule has 0 amide bonds. The Kier molecular flexibility index (Phi) is 9.21. The number of nitrogens with two attached hydrogens (primary N) is 1. The normalized spacial score (nSPS) is 13.6. The molecular formula is C11H25NO5Si. The van der Waals surface area contributed by atoms with Gasteiger partial charge in [-0.05, 0) is 33.7 Å². The van der Waals surface area contributed by atoms with Gasteiger partial charge in [-0.25, -0.2) is 0 Å². The molecule has 7 heteroatoms. The van der Waals surface area contributed by atoms with Crippen molar-refractivity contribution in [2.24, 2.45) is 5.73 Å². The highest BCUT2D eigenvalue weighted by Crippen LogP contribution is 2.20. The fourth-order valence-corrected chi connectivity index (χ4v) is 4.50. The van der Waals surface area contributed by atoms with E-state index in [1.165, 1.54) is 0 Å². The maximum absolute atomic E-state index is 10.7. The van der Waals surface area contributed by atoms with E-state index < -0.39 is 20.9 Å². The molecule has 0 heterocycles. The summed E-state index contributed by atoms with van der Waals surface area (Å²) in [6.07, 6.45) is 0.258. The lowest BCUT2D eigenvalue weighted by atomic mass is 10.3. The number of hydrogen-bond donors (Lipinski definition) is 2. The van der Waals surface area contributed by atoms with Crippen molar-refractivity contribution >= 4 is 14.8 Å². The second-order valence-corrected chi connectivity index (χ2v) is 6.65. The van der Waals surface area contributed by atoms with Crippen LogP contribution in [0.5, 0.6) is 0 Å². The number of aliphatic carboxylic acids is 1. The van der Waals surface area contributed by atoms with Crippen LogP contribution in [0.25, 0.3) is 0 Å². The standard InChI is InChI=1S/C11H25NO5Si/c1-4-15-18(16-5-2,8-6-7-12)17-10(3)9-11(13)14/h10H,4-9,12H2,1-3H3,(H,13,14). The molecule has 1 atom stereocenters. The number of carbonyl (C=O) groups is 1. The molecule has 0 saturated carbocycles. The average Bonchev–Trinajstić information content (AvgIpc) is 2.25. The molecule has 0 radical (unpaired) electrons. The fraction of sp³-hybridized carbons (Fsp3) is 0.909.